The van der Waals surface area contributed by atoms with E-state index in [1.54, 1.807) is 6.33 Å². The lowest BCUT2D eigenvalue weighted by Crippen LogP contribution is -2.22. The van der Waals surface area contributed by atoms with E-state index in [2.05, 4.69) is 43.1 Å². The molecule has 4 rings (SSSR count). The van der Waals surface area contributed by atoms with Crippen molar-refractivity contribution in [3.8, 4) is 11.4 Å². The predicted octanol–water partition coefficient (Wildman–Crippen LogP) is 1.99. The Balaban J connectivity index is 1.81. The first kappa shape index (κ1) is 15.0. The maximum atomic E-state index is 4.84. The summed E-state index contributed by atoms with van der Waals surface area (Å²) >= 11 is 0. The minimum atomic E-state index is 0.388. The van der Waals surface area contributed by atoms with Crippen LogP contribution in [0.1, 0.15) is 19.0 Å². The van der Waals surface area contributed by atoms with E-state index in [9.17, 15) is 0 Å². The highest BCUT2D eigenvalue weighted by molar-refractivity contribution is 5.86. The van der Waals surface area contributed by atoms with Gasteiger partial charge in [0.2, 0.25) is 0 Å². The molecule has 3 aromatic heterocycles. The molecule has 1 aliphatic rings. The number of hydrogen-bond donors (Lipinski definition) is 2. The zero-order valence-electron chi connectivity index (χ0n) is 14.0. The highest BCUT2D eigenvalue weighted by atomic mass is 15.2. The molecular weight excluding hydrogens is 302 g/mol. The molecule has 0 aromatic carbocycles. The highest BCUT2D eigenvalue weighted by Crippen LogP contribution is 2.27. The van der Waals surface area contributed by atoms with Gasteiger partial charge in [0, 0.05) is 36.6 Å². The fourth-order valence-electron chi connectivity index (χ4n) is 3.13. The van der Waals surface area contributed by atoms with Crippen molar-refractivity contribution in [1.82, 2.24) is 29.8 Å². The second-order valence-corrected chi connectivity index (χ2v) is 6.10. The van der Waals surface area contributed by atoms with Gasteiger partial charge in [-0.15, -0.1) is 0 Å². The Hall–Kier alpha value is -2.54. The van der Waals surface area contributed by atoms with Crippen LogP contribution in [0.25, 0.3) is 22.6 Å². The average Bonchev–Trinajstić information content (AvgIpc) is 3.23. The number of hydrogen-bond acceptors (Lipinski definition) is 6. The van der Waals surface area contributed by atoms with Crippen LogP contribution in [0.2, 0.25) is 0 Å². The molecule has 0 unspecified atom stereocenters. The van der Waals surface area contributed by atoms with Crippen LogP contribution >= 0.6 is 0 Å². The average molecular weight is 323 g/mol. The lowest BCUT2D eigenvalue weighted by atomic mass is 10.2. The molecule has 0 radical (unpaired) electrons. The molecule has 7 nitrogen and oxygen atoms in total. The van der Waals surface area contributed by atoms with E-state index in [-0.39, 0.29) is 0 Å². The van der Waals surface area contributed by atoms with Crippen molar-refractivity contribution in [3.63, 3.8) is 0 Å². The molecule has 1 fully saturated rings. The van der Waals surface area contributed by atoms with Crippen molar-refractivity contribution >= 4 is 17.0 Å². The SMILES string of the molecule is CCn1c(-c2ccc(C)nc2)nc2c(N[C@H]3CCNC3)ncnc21. The smallest absolute Gasteiger partial charge is 0.165 e. The Morgan fingerprint density at radius 1 is 1.29 bits per heavy atom. The largest absolute Gasteiger partial charge is 0.364 e. The van der Waals surface area contributed by atoms with Gasteiger partial charge in [-0.05, 0) is 38.9 Å². The van der Waals surface area contributed by atoms with Gasteiger partial charge in [-0.25, -0.2) is 15.0 Å². The van der Waals surface area contributed by atoms with Crippen molar-refractivity contribution in [2.45, 2.75) is 32.9 Å². The molecular formula is C17H21N7. The van der Waals surface area contributed by atoms with E-state index in [1.807, 2.05) is 19.2 Å². The summed E-state index contributed by atoms with van der Waals surface area (Å²) in [5.41, 5.74) is 3.67. The number of nitrogens with zero attached hydrogens (tertiary/aromatic N) is 5. The molecule has 0 bridgehead atoms. The lowest BCUT2D eigenvalue weighted by molar-refractivity contribution is 0.782. The maximum Gasteiger partial charge on any atom is 0.165 e. The van der Waals surface area contributed by atoms with Crippen molar-refractivity contribution in [2.75, 3.05) is 18.4 Å². The van der Waals surface area contributed by atoms with Crippen LogP contribution in [0.5, 0.6) is 0 Å². The van der Waals surface area contributed by atoms with E-state index in [1.165, 1.54) is 0 Å². The maximum absolute atomic E-state index is 4.84. The van der Waals surface area contributed by atoms with E-state index >= 15 is 0 Å². The van der Waals surface area contributed by atoms with Gasteiger partial charge >= 0.3 is 0 Å². The number of anilines is 1. The fraction of sp³-hybridized carbons (Fsp3) is 0.412. The summed E-state index contributed by atoms with van der Waals surface area (Å²) in [5, 5.41) is 6.86. The summed E-state index contributed by atoms with van der Waals surface area (Å²) in [4.78, 5) is 18.1. The number of pyridine rings is 1. The summed E-state index contributed by atoms with van der Waals surface area (Å²) in [6, 6.07) is 4.44. The summed E-state index contributed by atoms with van der Waals surface area (Å²) in [5.74, 6) is 1.69. The van der Waals surface area contributed by atoms with Crippen LogP contribution in [-0.4, -0.2) is 43.6 Å². The Morgan fingerprint density at radius 3 is 2.92 bits per heavy atom. The monoisotopic (exact) mass is 323 g/mol. The number of aromatic nitrogens is 5. The second kappa shape index (κ2) is 6.16. The lowest BCUT2D eigenvalue weighted by Gasteiger charge is -2.11. The topological polar surface area (TPSA) is 80.5 Å². The van der Waals surface area contributed by atoms with Crippen molar-refractivity contribution in [2.24, 2.45) is 0 Å². The molecule has 24 heavy (non-hydrogen) atoms. The third-order valence-electron chi connectivity index (χ3n) is 4.42. The second-order valence-electron chi connectivity index (χ2n) is 6.10. The van der Waals surface area contributed by atoms with Crippen molar-refractivity contribution < 1.29 is 0 Å². The molecule has 2 N–H and O–H groups in total. The Kier molecular flexibility index (Phi) is 3.86. The molecule has 0 aliphatic carbocycles. The minimum absolute atomic E-state index is 0.388. The number of imidazole rings is 1. The Bertz CT molecular complexity index is 847. The summed E-state index contributed by atoms with van der Waals surface area (Å²) in [6.45, 7) is 6.86. The number of aryl methyl sites for hydroxylation is 2. The van der Waals surface area contributed by atoms with Crippen LogP contribution < -0.4 is 10.6 Å². The number of nitrogens with one attached hydrogen (secondary N) is 2. The molecule has 0 spiro atoms. The minimum Gasteiger partial charge on any atom is -0.364 e. The highest BCUT2D eigenvalue weighted by Gasteiger charge is 2.20. The summed E-state index contributed by atoms with van der Waals surface area (Å²) in [6.07, 6.45) is 4.57. The molecule has 7 heteroatoms. The first-order chi connectivity index (χ1) is 11.8. The van der Waals surface area contributed by atoms with Gasteiger partial charge in [0.15, 0.2) is 17.0 Å². The zero-order valence-corrected chi connectivity index (χ0v) is 14.0. The van der Waals surface area contributed by atoms with Gasteiger partial charge in [0.1, 0.15) is 12.2 Å². The van der Waals surface area contributed by atoms with Crippen molar-refractivity contribution in [1.29, 1.82) is 0 Å². The summed E-state index contributed by atoms with van der Waals surface area (Å²) in [7, 11) is 0. The Morgan fingerprint density at radius 2 is 2.21 bits per heavy atom. The standard InChI is InChI=1S/C17H21N7/c1-3-24-16(12-5-4-11(2)19-8-12)23-14-15(20-10-21-17(14)24)22-13-6-7-18-9-13/h4-5,8,10,13,18H,3,6-7,9H2,1-2H3,(H,20,21,22)/t13-/m0/s1. The van der Waals surface area contributed by atoms with E-state index in [4.69, 9.17) is 4.98 Å². The first-order valence-corrected chi connectivity index (χ1v) is 8.37. The Labute approximate surface area is 140 Å². The molecule has 1 atom stereocenters. The molecule has 1 aliphatic heterocycles. The third-order valence-corrected chi connectivity index (χ3v) is 4.42. The van der Waals surface area contributed by atoms with Gasteiger partial charge < -0.3 is 15.2 Å². The number of rotatable bonds is 4. The molecule has 0 amide bonds. The van der Waals surface area contributed by atoms with Gasteiger partial charge in [0.05, 0.1) is 0 Å². The van der Waals surface area contributed by atoms with Gasteiger partial charge in [-0.1, -0.05) is 0 Å². The van der Waals surface area contributed by atoms with Gasteiger partial charge in [-0.3, -0.25) is 4.98 Å². The normalized spacial score (nSPS) is 17.5. The van der Waals surface area contributed by atoms with Crippen LogP contribution in [0.3, 0.4) is 0 Å². The third kappa shape index (κ3) is 2.60. The van der Waals surface area contributed by atoms with E-state index in [0.717, 1.165) is 60.1 Å². The molecule has 3 aromatic rings. The van der Waals surface area contributed by atoms with Gasteiger partial charge in [-0.2, -0.15) is 0 Å². The van der Waals surface area contributed by atoms with Crippen LogP contribution in [0.15, 0.2) is 24.7 Å². The zero-order chi connectivity index (χ0) is 16.5. The fourth-order valence-corrected chi connectivity index (χ4v) is 3.13. The quantitative estimate of drug-likeness (QED) is 0.764. The molecule has 4 heterocycles. The first-order valence-electron chi connectivity index (χ1n) is 8.37. The summed E-state index contributed by atoms with van der Waals surface area (Å²) < 4.78 is 2.11. The molecule has 124 valence electrons. The van der Waals surface area contributed by atoms with E-state index < -0.39 is 0 Å². The van der Waals surface area contributed by atoms with Crippen LogP contribution in [0, 0.1) is 6.92 Å². The van der Waals surface area contributed by atoms with E-state index in [0.29, 0.717) is 6.04 Å². The molecule has 0 saturated carbocycles. The van der Waals surface area contributed by atoms with Crippen LogP contribution in [0.4, 0.5) is 5.82 Å². The molecule has 1 saturated heterocycles. The van der Waals surface area contributed by atoms with Crippen molar-refractivity contribution in [3.05, 3.63) is 30.4 Å². The van der Waals surface area contributed by atoms with Gasteiger partial charge in [0.25, 0.3) is 0 Å². The number of fused-ring (bicyclic) bond motifs is 1. The van der Waals surface area contributed by atoms with Crippen LogP contribution in [-0.2, 0) is 6.54 Å². The predicted molar refractivity (Wildman–Crippen MR) is 93.9 cm³/mol.